The van der Waals surface area contributed by atoms with E-state index in [1.807, 2.05) is 0 Å². The molecule has 2 aliphatic heterocycles. The van der Waals surface area contributed by atoms with Crippen molar-refractivity contribution in [1.29, 1.82) is 5.41 Å². The topological polar surface area (TPSA) is 108 Å². The Morgan fingerprint density at radius 3 is 2.74 bits per heavy atom. The third-order valence-electron chi connectivity index (χ3n) is 5.82. The summed E-state index contributed by atoms with van der Waals surface area (Å²) in [5.41, 5.74) is -0.344. The number of methoxy groups -OCH3 is 2. The highest BCUT2D eigenvalue weighted by Gasteiger charge is 2.60. The first-order chi connectivity index (χ1) is 14.7. The summed E-state index contributed by atoms with van der Waals surface area (Å²) in [6.45, 7) is 0.486. The van der Waals surface area contributed by atoms with Gasteiger partial charge in [-0.1, -0.05) is 18.2 Å². The Balaban J connectivity index is 1.86. The molecule has 3 heterocycles. The predicted molar refractivity (Wildman–Crippen MR) is 113 cm³/mol. The van der Waals surface area contributed by atoms with Crippen molar-refractivity contribution in [3.8, 4) is 5.88 Å². The Hall–Kier alpha value is -2.92. The van der Waals surface area contributed by atoms with Crippen molar-refractivity contribution in [2.75, 3.05) is 39.3 Å². The standard InChI is InChI=1S/C20H24FN5O4S/c1-25-19(22)24-20(14-6-4-5-7-15(14)21)12-26(10-16(20)31(25,27)28)17-8-13(11-29-2)9-18(23-17)30-3/h4-9,16H,10-12H2,1-3H3,(H2,22,24)/t16?,20-/m1/s1. The van der Waals surface area contributed by atoms with Crippen LogP contribution in [0.5, 0.6) is 5.88 Å². The molecule has 0 spiro atoms. The van der Waals surface area contributed by atoms with Crippen LogP contribution in [0.2, 0.25) is 0 Å². The van der Waals surface area contributed by atoms with Gasteiger partial charge in [-0.3, -0.25) is 5.41 Å². The van der Waals surface area contributed by atoms with E-state index < -0.39 is 26.6 Å². The summed E-state index contributed by atoms with van der Waals surface area (Å²) < 4.78 is 52.9. The van der Waals surface area contributed by atoms with Crippen LogP contribution in [0.1, 0.15) is 11.1 Å². The molecule has 0 radical (unpaired) electrons. The van der Waals surface area contributed by atoms with Crippen molar-refractivity contribution in [2.45, 2.75) is 17.4 Å². The van der Waals surface area contributed by atoms with Crippen LogP contribution in [0.25, 0.3) is 0 Å². The average Bonchev–Trinajstić information content (AvgIpc) is 3.14. The van der Waals surface area contributed by atoms with Crippen molar-refractivity contribution in [3.63, 3.8) is 0 Å². The zero-order chi connectivity index (χ0) is 22.4. The number of hydrogen-bond donors (Lipinski definition) is 2. The summed E-state index contributed by atoms with van der Waals surface area (Å²) >= 11 is 0. The Bertz CT molecular complexity index is 1130. The molecule has 0 saturated carbocycles. The molecular weight excluding hydrogens is 425 g/mol. The monoisotopic (exact) mass is 449 g/mol. The molecule has 1 unspecified atom stereocenters. The Labute approximate surface area is 180 Å². The Morgan fingerprint density at radius 1 is 1.32 bits per heavy atom. The summed E-state index contributed by atoms with van der Waals surface area (Å²) in [6, 6.07) is 9.58. The van der Waals surface area contributed by atoms with Crippen LogP contribution >= 0.6 is 0 Å². The van der Waals surface area contributed by atoms with Gasteiger partial charge >= 0.3 is 0 Å². The van der Waals surface area contributed by atoms with Crippen LogP contribution in [0, 0.1) is 11.2 Å². The van der Waals surface area contributed by atoms with Gasteiger partial charge in [-0.2, -0.15) is 4.98 Å². The van der Waals surface area contributed by atoms with Crippen molar-refractivity contribution >= 4 is 21.8 Å². The number of hydrogen-bond acceptors (Lipinski definition) is 7. The van der Waals surface area contributed by atoms with Crippen LogP contribution in [-0.4, -0.2) is 63.3 Å². The number of anilines is 1. The fourth-order valence-electron chi connectivity index (χ4n) is 4.28. The molecule has 1 aromatic heterocycles. The van der Waals surface area contributed by atoms with E-state index in [1.54, 1.807) is 42.3 Å². The van der Waals surface area contributed by atoms with Crippen LogP contribution in [0.3, 0.4) is 0 Å². The third kappa shape index (κ3) is 3.37. The zero-order valence-electron chi connectivity index (χ0n) is 17.4. The largest absolute Gasteiger partial charge is 0.481 e. The van der Waals surface area contributed by atoms with Gasteiger partial charge in [0.1, 0.15) is 22.4 Å². The Morgan fingerprint density at radius 2 is 2.06 bits per heavy atom. The fraction of sp³-hybridized carbons (Fsp3) is 0.400. The summed E-state index contributed by atoms with van der Waals surface area (Å²) in [5.74, 6) is 0.0100. The maximum atomic E-state index is 14.9. The molecule has 31 heavy (non-hydrogen) atoms. The van der Waals surface area contributed by atoms with Crippen molar-refractivity contribution in [2.24, 2.45) is 0 Å². The highest BCUT2D eigenvalue weighted by atomic mass is 32.2. The molecule has 4 rings (SSSR count). The number of pyridine rings is 1. The van der Waals surface area contributed by atoms with Gasteiger partial charge in [-0.05, 0) is 17.7 Å². The second kappa shape index (κ2) is 7.65. The van der Waals surface area contributed by atoms with Gasteiger partial charge in [0, 0.05) is 38.9 Å². The van der Waals surface area contributed by atoms with Crippen molar-refractivity contribution < 1.29 is 22.3 Å². The Kier molecular flexibility index (Phi) is 5.26. The molecule has 2 aliphatic rings. The van der Waals surface area contributed by atoms with E-state index in [9.17, 15) is 12.8 Å². The van der Waals surface area contributed by atoms with E-state index in [-0.39, 0.29) is 24.6 Å². The highest BCUT2D eigenvalue weighted by Crippen LogP contribution is 2.42. The lowest BCUT2D eigenvalue weighted by molar-refractivity contribution is 0.184. The maximum Gasteiger partial charge on any atom is 0.244 e. The molecule has 2 atom stereocenters. The zero-order valence-corrected chi connectivity index (χ0v) is 18.2. The lowest BCUT2D eigenvalue weighted by Gasteiger charge is -2.43. The predicted octanol–water partition coefficient (Wildman–Crippen LogP) is 1.26. The van der Waals surface area contributed by atoms with E-state index in [0.717, 1.165) is 9.87 Å². The summed E-state index contributed by atoms with van der Waals surface area (Å²) in [7, 11) is 0.451. The molecule has 0 amide bonds. The number of fused-ring (bicyclic) bond motifs is 1. The molecular formula is C20H24FN5O4S. The first-order valence-electron chi connectivity index (χ1n) is 9.61. The molecule has 0 bridgehead atoms. The smallest absolute Gasteiger partial charge is 0.244 e. The molecule has 2 fully saturated rings. The van der Waals surface area contributed by atoms with Gasteiger partial charge in [-0.15, -0.1) is 0 Å². The summed E-state index contributed by atoms with van der Waals surface area (Å²) in [4.78, 5) is 6.25. The molecule has 0 aliphatic carbocycles. The first-order valence-corrected chi connectivity index (χ1v) is 11.1. The van der Waals surface area contributed by atoms with Crippen molar-refractivity contribution in [1.82, 2.24) is 14.6 Å². The maximum absolute atomic E-state index is 14.9. The number of nitrogens with zero attached hydrogens (tertiary/aromatic N) is 3. The van der Waals surface area contributed by atoms with Gasteiger partial charge in [0.2, 0.25) is 21.9 Å². The van der Waals surface area contributed by atoms with Crippen LogP contribution in [0.15, 0.2) is 36.4 Å². The molecule has 11 heteroatoms. The average molecular weight is 450 g/mol. The van der Waals surface area contributed by atoms with E-state index in [1.165, 1.54) is 20.2 Å². The fourth-order valence-corrected chi connectivity index (χ4v) is 6.10. The second-order valence-corrected chi connectivity index (χ2v) is 9.76. The number of guanidine groups is 1. The normalized spacial score (nSPS) is 24.6. The third-order valence-corrected chi connectivity index (χ3v) is 8.04. The molecule has 9 nitrogen and oxygen atoms in total. The lowest BCUT2D eigenvalue weighted by Crippen LogP contribution is -2.67. The lowest BCUT2D eigenvalue weighted by atomic mass is 9.88. The number of halogens is 1. The van der Waals surface area contributed by atoms with Crippen LogP contribution < -0.4 is 15.0 Å². The van der Waals surface area contributed by atoms with E-state index >= 15 is 0 Å². The number of ether oxygens (including phenoxy) is 2. The number of nitrogens with one attached hydrogen (secondary N) is 2. The van der Waals surface area contributed by atoms with E-state index in [0.29, 0.717) is 18.3 Å². The van der Waals surface area contributed by atoms with Gasteiger partial charge in [0.25, 0.3) is 0 Å². The van der Waals surface area contributed by atoms with Crippen molar-refractivity contribution in [3.05, 3.63) is 53.3 Å². The van der Waals surface area contributed by atoms with Crippen LogP contribution in [0.4, 0.5) is 10.2 Å². The van der Waals surface area contributed by atoms with Gasteiger partial charge < -0.3 is 19.7 Å². The molecule has 2 N–H and O–H groups in total. The van der Waals surface area contributed by atoms with Gasteiger partial charge in [0.05, 0.1) is 13.7 Å². The minimum atomic E-state index is -3.93. The summed E-state index contributed by atoms with van der Waals surface area (Å²) in [5, 5.41) is 10.2. The van der Waals surface area contributed by atoms with Gasteiger partial charge in [-0.25, -0.2) is 17.1 Å². The number of rotatable bonds is 5. The minimum Gasteiger partial charge on any atom is -0.481 e. The number of benzene rings is 1. The van der Waals surface area contributed by atoms with E-state index in [4.69, 9.17) is 14.9 Å². The minimum absolute atomic E-state index is 0.0634. The van der Waals surface area contributed by atoms with E-state index in [2.05, 4.69) is 10.3 Å². The highest BCUT2D eigenvalue weighted by molar-refractivity contribution is 7.90. The molecule has 166 valence electrons. The summed E-state index contributed by atoms with van der Waals surface area (Å²) in [6.07, 6.45) is 0. The quantitative estimate of drug-likeness (QED) is 0.708. The number of sulfonamides is 1. The second-order valence-electron chi connectivity index (χ2n) is 7.62. The SMILES string of the molecule is COCc1cc(OC)nc(N2CC3[C@](c4ccccc4F)(C2)NC(=N)N(C)S3(=O)=O)c1. The first kappa shape index (κ1) is 21.3. The molecule has 2 saturated heterocycles. The van der Waals surface area contributed by atoms with Crippen LogP contribution in [-0.2, 0) is 26.9 Å². The molecule has 2 aromatic rings. The number of aromatic nitrogens is 1. The molecule has 1 aromatic carbocycles. The van der Waals surface area contributed by atoms with Gasteiger partial charge in [0.15, 0.2) is 0 Å².